The van der Waals surface area contributed by atoms with Crippen molar-refractivity contribution in [3.63, 3.8) is 0 Å². The van der Waals surface area contributed by atoms with Gasteiger partial charge >= 0.3 is 0 Å². The summed E-state index contributed by atoms with van der Waals surface area (Å²) < 4.78 is 23.1. The molecule has 0 spiro atoms. The zero-order valence-corrected chi connectivity index (χ0v) is 14.0. The number of hydroxylamine groups is 2. The Bertz CT molecular complexity index is 787. The van der Waals surface area contributed by atoms with Crippen molar-refractivity contribution in [2.45, 2.75) is 6.42 Å². The largest absolute Gasteiger partial charge is 0.289 e. The van der Waals surface area contributed by atoms with Gasteiger partial charge in [-0.05, 0) is 5.56 Å². The van der Waals surface area contributed by atoms with E-state index in [1.54, 1.807) is 0 Å². The van der Waals surface area contributed by atoms with Gasteiger partial charge in [0.1, 0.15) is 4.88 Å². The summed E-state index contributed by atoms with van der Waals surface area (Å²) in [5.74, 6) is -0.466. The molecule has 1 aromatic heterocycles. The summed E-state index contributed by atoms with van der Waals surface area (Å²) in [6.45, 7) is 0.0524. The summed E-state index contributed by atoms with van der Waals surface area (Å²) in [4.78, 5) is 22.4. The molecule has 1 aliphatic rings. The number of thiazole rings is 1. The predicted molar refractivity (Wildman–Crippen MR) is 87.0 cm³/mol. The van der Waals surface area contributed by atoms with Gasteiger partial charge in [0.05, 0.1) is 35.9 Å². The molecule has 122 valence electrons. The van der Waals surface area contributed by atoms with Crippen molar-refractivity contribution < 1.29 is 18.0 Å². The fourth-order valence-corrected chi connectivity index (χ4v) is 4.08. The minimum absolute atomic E-state index is 0.00372. The van der Waals surface area contributed by atoms with Crippen LogP contribution >= 0.6 is 11.3 Å². The Hall–Kier alpha value is -1.77. The lowest BCUT2D eigenvalue weighted by molar-refractivity contribution is -0.111. The standard InChI is InChI=1S/C15H16N2O4S2/c18-15(17-6-8-23(19,20)9-7-21-17)13-11-16-14(22-13)10-12-4-2-1-3-5-12/h1-5,11H,6-10H2. The topological polar surface area (TPSA) is 76.6 Å². The van der Waals surface area contributed by atoms with Gasteiger partial charge in [-0.25, -0.2) is 18.5 Å². The minimum atomic E-state index is -3.13. The van der Waals surface area contributed by atoms with Crippen LogP contribution in [0.1, 0.15) is 20.2 Å². The van der Waals surface area contributed by atoms with Crippen LogP contribution in [0, 0.1) is 0 Å². The molecule has 0 unspecified atom stereocenters. The maximum absolute atomic E-state index is 12.4. The van der Waals surface area contributed by atoms with Crippen molar-refractivity contribution in [3.8, 4) is 0 Å². The van der Waals surface area contributed by atoms with Crippen molar-refractivity contribution in [3.05, 3.63) is 52.0 Å². The smallest absolute Gasteiger partial charge is 0.270 e. The molecule has 0 N–H and O–H groups in total. The first kappa shape index (κ1) is 16.1. The zero-order valence-electron chi connectivity index (χ0n) is 12.3. The maximum Gasteiger partial charge on any atom is 0.289 e. The van der Waals surface area contributed by atoms with E-state index in [4.69, 9.17) is 4.84 Å². The van der Waals surface area contributed by atoms with Gasteiger partial charge in [0.25, 0.3) is 5.91 Å². The Morgan fingerprint density at radius 1 is 1.26 bits per heavy atom. The Morgan fingerprint density at radius 2 is 2.04 bits per heavy atom. The van der Waals surface area contributed by atoms with Crippen LogP contribution in [0.3, 0.4) is 0 Å². The van der Waals surface area contributed by atoms with E-state index in [1.165, 1.54) is 17.5 Å². The second-order valence-corrected chi connectivity index (χ2v) is 8.59. The molecule has 1 saturated heterocycles. The molecule has 0 aliphatic carbocycles. The number of benzene rings is 1. The highest BCUT2D eigenvalue weighted by Gasteiger charge is 2.25. The van der Waals surface area contributed by atoms with Crippen LogP contribution in [-0.2, 0) is 21.1 Å². The molecule has 0 radical (unpaired) electrons. The van der Waals surface area contributed by atoms with Crippen LogP contribution in [0.5, 0.6) is 0 Å². The SMILES string of the molecule is O=C(c1cnc(Cc2ccccc2)s1)N1CCS(=O)(=O)CCO1. The normalized spacial score (nSPS) is 17.7. The van der Waals surface area contributed by atoms with Gasteiger partial charge in [-0.3, -0.25) is 9.63 Å². The summed E-state index contributed by atoms with van der Waals surface area (Å²) >= 11 is 1.30. The molecule has 1 fully saturated rings. The summed E-state index contributed by atoms with van der Waals surface area (Å²) in [6, 6.07) is 9.88. The average molecular weight is 352 g/mol. The van der Waals surface area contributed by atoms with Crippen LogP contribution in [0.25, 0.3) is 0 Å². The number of hydrogen-bond acceptors (Lipinski definition) is 6. The molecule has 1 aliphatic heterocycles. The second kappa shape index (κ2) is 6.77. The van der Waals surface area contributed by atoms with Crippen molar-refractivity contribution in [2.24, 2.45) is 0 Å². The Morgan fingerprint density at radius 3 is 2.83 bits per heavy atom. The van der Waals surface area contributed by atoms with Gasteiger partial charge in [0.15, 0.2) is 9.84 Å². The third-order valence-electron chi connectivity index (χ3n) is 3.44. The Kier molecular flexibility index (Phi) is 4.74. The molecule has 2 aromatic rings. The fraction of sp³-hybridized carbons (Fsp3) is 0.333. The molecule has 0 atom stereocenters. The van der Waals surface area contributed by atoms with E-state index in [0.29, 0.717) is 11.3 Å². The number of hydrogen-bond donors (Lipinski definition) is 0. The third kappa shape index (κ3) is 4.15. The van der Waals surface area contributed by atoms with Crippen molar-refractivity contribution >= 4 is 27.1 Å². The Balaban J connectivity index is 1.69. The van der Waals surface area contributed by atoms with Crippen LogP contribution in [0.4, 0.5) is 0 Å². The van der Waals surface area contributed by atoms with Crippen LogP contribution in [-0.4, -0.2) is 49.0 Å². The zero-order chi connectivity index (χ0) is 16.3. The first-order valence-electron chi connectivity index (χ1n) is 7.17. The van der Waals surface area contributed by atoms with Gasteiger partial charge < -0.3 is 0 Å². The lowest BCUT2D eigenvalue weighted by Crippen LogP contribution is -2.32. The molecule has 6 nitrogen and oxygen atoms in total. The first-order valence-corrected chi connectivity index (χ1v) is 9.81. The maximum atomic E-state index is 12.4. The number of carbonyl (C=O) groups excluding carboxylic acids is 1. The van der Waals surface area contributed by atoms with Crippen molar-refractivity contribution in [1.82, 2.24) is 10.0 Å². The predicted octanol–water partition coefficient (Wildman–Crippen LogP) is 1.54. The van der Waals surface area contributed by atoms with Crippen molar-refractivity contribution in [1.29, 1.82) is 0 Å². The first-order chi connectivity index (χ1) is 11.0. The van der Waals surface area contributed by atoms with E-state index in [1.807, 2.05) is 30.3 Å². The highest BCUT2D eigenvalue weighted by molar-refractivity contribution is 7.91. The van der Waals surface area contributed by atoms with E-state index < -0.39 is 9.84 Å². The van der Waals surface area contributed by atoms with Gasteiger partial charge in [0, 0.05) is 6.42 Å². The summed E-state index contributed by atoms with van der Waals surface area (Å²) in [5.41, 5.74) is 1.12. The molecule has 0 saturated carbocycles. The number of nitrogens with zero attached hydrogens (tertiary/aromatic N) is 2. The summed E-state index contributed by atoms with van der Waals surface area (Å²) in [6.07, 6.45) is 2.18. The van der Waals surface area contributed by atoms with E-state index in [0.717, 1.165) is 15.6 Å². The van der Waals surface area contributed by atoms with Gasteiger partial charge in [-0.2, -0.15) is 0 Å². The molecular weight excluding hydrogens is 336 g/mol. The number of rotatable bonds is 3. The fourth-order valence-electron chi connectivity index (χ4n) is 2.21. The van der Waals surface area contributed by atoms with Gasteiger partial charge in [0.2, 0.25) is 0 Å². The van der Waals surface area contributed by atoms with Gasteiger partial charge in [-0.15, -0.1) is 11.3 Å². The summed E-state index contributed by atoms with van der Waals surface area (Å²) in [5, 5.41) is 1.96. The molecule has 3 rings (SSSR count). The second-order valence-electron chi connectivity index (χ2n) is 5.17. The highest BCUT2D eigenvalue weighted by atomic mass is 32.2. The highest BCUT2D eigenvalue weighted by Crippen LogP contribution is 2.19. The number of carbonyl (C=O) groups is 1. The number of amides is 1. The van der Waals surface area contributed by atoms with Crippen LogP contribution in [0.2, 0.25) is 0 Å². The van der Waals surface area contributed by atoms with Gasteiger partial charge in [-0.1, -0.05) is 30.3 Å². The lowest BCUT2D eigenvalue weighted by Gasteiger charge is -2.17. The third-order valence-corrected chi connectivity index (χ3v) is 6.01. The summed E-state index contributed by atoms with van der Waals surface area (Å²) in [7, 11) is -3.13. The molecule has 2 heterocycles. The molecule has 23 heavy (non-hydrogen) atoms. The van der Waals surface area contributed by atoms with E-state index in [2.05, 4.69) is 4.98 Å². The molecular formula is C15H16N2O4S2. The van der Waals surface area contributed by atoms with Crippen molar-refractivity contribution in [2.75, 3.05) is 24.7 Å². The molecule has 8 heteroatoms. The van der Waals surface area contributed by atoms with E-state index >= 15 is 0 Å². The minimum Gasteiger partial charge on any atom is -0.270 e. The molecule has 1 amide bonds. The monoisotopic (exact) mass is 352 g/mol. The lowest BCUT2D eigenvalue weighted by atomic mass is 10.2. The quantitative estimate of drug-likeness (QED) is 0.837. The van der Waals surface area contributed by atoms with E-state index in [-0.39, 0.29) is 30.6 Å². The molecule has 1 aromatic carbocycles. The molecule has 0 bridgehead atoms. The average Bonchev–Trinajstić information content (AvgIpc) is 2.91. The van der Waals surface area contributed by atoms with Crippen LogP contribution < -0.4 is 0 Å². The van der Waals surface area contributed by atoms with E-state index in [9.17, 15) is 13.2 Å². The number of aromatic nitrogens is 1. The Labute approximate surface area is 138 Å². The number of sulfone groups is 1. The van der Waals surface area contributed by atoms with Crippen LogP contribution in [0.15, 0.2) is 36.5 Å².